The number of methoxy groups -OCH3 is 1. The SMILES string of the molecule is CCN(C(=O)O)c1nc2cc(I)cnc2n1C(C)c1ccc(OCc2ccc(C(F)(F)F)cc2)c(OC)c1. The molecular formula is C26H24F3IN4O4. The molecule has 0 aliphatic rings. The average Bonchev–Trinajstić information content (AvgIpc) is 3.24. The number of aromatic nitrogens is 3. The molecule has 1 unspecified atom stereocenters. The first-order valence-electron chi connectivity index (χ1n) is 11.5. The summed E-state index contributed by atoms with van der Waals surface area (Å²) in [5.41, 5.74) is 1.74. The van der Waals surface area contributed by atoms with Crippen molar-refractivity contribution in [3.05, 3.63) is 75.0 Å². The Morgan fingerprint density at radius 1 is 1.16 bits per heavy atom. The molecule has 2 heterocycles. The van der Waals surface area contributed by atoms with Gasteiger partial charge in [0.25, 0.3) is 0 Å². The standard InChI is InChI=1S/C26H24F3IN4O4/c1-4-33(25(35)36)24-32-20-12-19(30)13-31-23(20)34(24)15(2)17-7-10-21(22(11-17)37-3)38-14-16-5-8-18(9-6-16)26(27,28)29/h5-13,15H,4,14H2,1-3H3,(H,35,36). The van der Waals surface area contributed by atoms with Gasteiger partial charge in [-0.05, 0) is 77.9 Å². The number of hydrogen-bond donors (Lipinski definition) is 1. The molecular weight excluding hydrogens is 616 g/mol. The van der Waals surface area contributed by atoms with Crippen molar-refractivity contribution in [1.29, 1.82) is 0 Å². The average molecular weight is 640 g/mol. The van der Waals surface area contributed by atoms with Crippen LogP contribution in [0.2, 0.25) is 0 Å². The van der Waals surface area contributed by atoms with E-state index in [-0.39, 0.29) is 25.1 Å². The van der Waals surface area contributed by atoms with E-state index >= 15 is 0 Å². The summed E-state index contributed by atoms with van der Waals surface area (Å²) in [6, 6.07) is 11.5. The van der Waals surface area contributed by atoms with Crippen LogP contribution < -0.4 is 14.4 Å². The van der Waals surface area contributed by atoms with Crippen LogP contribution in [0.1, 0.15) is 36.6 Å². The number of hydrogen-bond acceptors (Lipinski definition) is 5. The van der Waals surface area contributed by atoms with Crippen molar-refractivity contribution in [2.75, 3.05) is 18.6 Å². The monoisotopic (exact) mass is 640 g/mol. The second kappa shape index (κ2) is 11.1. The molecule has 12 heteroatoms. The van der Waals surface area contributed by atoms with E-state index in [1.165, 1.54) is 19.2 Å². The van der Waals surface area contributed by atoms with E-state index in [0.717, 1.165) is 26.2 Å². The van der Waals surface area contributed by atoms with Crippen molar-refractivity contribution >= 4 is 45.8 Å². The van der Waals surface area contributed by atoms with Gasteiger partial charge in [0.15, 0.2) is 17.1 Å². The Labute approximate surface area is 230 Å². The molecule has 4 rings (SSSR count). The lowest BCUT2D eigenvalue weighted by atomic mass is 10.1. The molecule has 1 N–H and O–H groups in total. The number of nitrogens with zero attached hydrogens (tertiary/aromatic N) is 4. The molecule has 0 fully saturated rings. The lowest BCUT2D eigenvalue weighted by Crippen LogP contribution is -2.32. The summed E-state index contributed by atoms with van der Waals surface area (Å²) in [5, 5.41) is 9.77. The van der Waals surface area contributed by atoms with Gasteiger partial charge in [-0.2, -0.15) is 13.2 Å². The first kappa shape index (κ1) is 27.5. The van der Waals surface area contributed by atoms with Crippen molar-refractivity contribution in [3.63, 3.8) is 0 Å². The minimum absolute atomic E-state index is 0.0479. The highest BCUT2D eigenvalue weighted by Crippen LogP contribution is 2.36. The number of carbonyl (C=O) groups is 1. The summed E-state index contributed by atoms with van der Waals surface area (Å²) in [7, 11) is 1.49. The van der Waals surface area contributed by atoms with Crippen molar-refractivity contribution in [2.24, 2.45) is 0 Å². The third-order valence-corrected chi connectivity index (χ3v) is 6.59. The molecule has 200 valence electrons. The number of imidazole rings is 1. The van der Waals surface area contributed by atoms with Crippen LogP contribution in [0.4, 0.5) is 23.9 Å². The fourth-order valence-corrected chi connectivity index (χ4v) is 4.45. The number of pyridine rings is 1. The summed E-state index contributed by atoms with van der Waals surface area (Å²) in [5.74, 6) is 1.08. The number of alkyl halides is 3. The Morgan fingerprint density at radius 2 is 1.87 bits per heavy atom. The van der Waals surface area contributed by atoms with Crippen LogP contribution in [0.25, 0.3) is 11.2 Å². The number of amides is 1. The highest BCUT2D eigenvalue weighted by molar-refractivity contribution is 14.1. The van der Waals surface area contributed by atoms with Crippen molar-refractivity contribution < 1.29 is 32.5 Å². The van der Waals surface area contributed by atoms with Crippen LogP contribution in [0.5, 0.6) is 11.5 Å². The van der Waals surface area contributed by atoms with Gasteiger partial charge in [-0.1, -0.05) is 18.2 Å². The fourth-order valence-electron chi connectivity index (χ4n) is 4.02. The van der Waals surface area contributed by atoms with Crippen molar-refractivity contribution in [3.8, 4) is 11.5 Å². The van der Waals surface area contributed by atoms with E-state index in [2.05, 4.69) is 32.6 Å². The maximum absolute atomic E-state index is 12.8. The fraction of sp³-hybridized carbons (Fsp3) is 0.269. The van der Waals surface area contributed by atoms with Gasteiger partial charge < -0.3 is 14.6 Å². The Bertz CT molecular complexity index is 1460. The first-order chi connectivity index (χ1) is 18.0. The quantitative estimate of drug-likeness (QED) is 0.214. The normalized spacial score (nSPS) is 12.4. The molecule has 0 spiro atoms. The molecule has 0 radical (unpaired) electrons. The van der Waals surface area contributed by atoms with Gasteiger partial charge in [-0.15, -0.1) is 0 Å². The number of anilines is 1. The van der Waals surface area contributed by atoms with Gasteiger partial charge in [0.05, 0.1) is 18.7 Å². The summed E-state index contributed by atoms with van der Waals surface area (Å²) < 4.78 is 52.4. The second-order valence-electron chi connectivity index (χ2n) is 8.37. The van der Waals surface area contributed by atoms with E-state index in [9.17, 15) is 23.1 Å². The molecule has 2 aromatic heterocycles. The van der Waals surface area contributed by atoms with Gasteiger partial charge in [0.2, 0.25) is 5.95 Å². The molecule has 0 aliphatic carbocycles. The molecule has 4 aromatic rings. The number of carboxylic acid groups (broad SMARTS) is 1. The minimum Gasteiger partial charge on any atom is -0.493 e. The van der Waals surface area contributed by atoms with Gasteiger partial charge in [-0.3, -0.25) is 4.57 Å². The van der Waals surface area contributed by atoms with E-state index in [0.29, 0.717) is 28.2 Å². The molecule has 0 bridgehead atoms. The van der Waals surface area contributed by atoms with Crippen LogP contribution >= 0.6 is 22.6 Å². The van der Waals surface area contributed by atoms with Gasteiger partial charge in [0.1, 0.15) is 12.1 Å². The third-order valence-electron chi connectivity index (χ3n) is 6.00. The summed E-state index contributed by atoms with van der Waals surface area (Å²) >= 11 is 2.13. The number of rotatable bonds is 8. The lowest BCUT2D eigenvalue weighted by Gasteiger charge is -2.23. The van der Waals surface area contributed by atoms with Crippen LogP contribution in [0, 0.1) is 3.57 Å². The van der Waals surface area contributed by atoms with Crippen LogP contribution in [0.15, 0.2) is 54.7 Å². The summed E-state index contributed by atoms with van der Waals surface area (Å²) in [4.78, 5) is 22.2. The van der Waals surface area contributed by atoms with E-state index in [1.54, 1.807) is 29.8 Å². The van der Waals surface area contributed by atoms with Crippen molar-refractivity contribution in [1.82, 2.24) is 14.5 Å². The maximum Gasteiger partial charge on any atom is 0.416 e. The largest absolute Gasteiger partial charge is 0.493 e. The maximum atomic E-state index is 12.8. The second-order valence-corrected chi connectivity index (χ2v) is 9.62. The lowest BCUT2D eigenvalue weighted by molar-refractivity contribution is -0.137. The van der Waals surface area contributed by atoms with E-state index in [4.69, 9.17) is 9.47 Å². The smallest absolute Gasteiger partial charge is 0.416 e. The Hall–Kier alpha value is -3.55. The minimum atomic E-state index is -4.40. The number of ether oxygens (including phenoxy) is 2. The topological polar surface area (TPSA) is 89.7 Å². The number of halogens is 4. The summed E-state index contributed by atoms with van der Waals surface area (Å²) in [6.45, 7) is 3.87. The predicted octanol–water partition coefficient (Wildman–Crippen LogP) is 6.76. The van der Waals surface area contributed by atoms with Gasteiger partial charge >= 0.3 is 12.3 Å². The molecule has 1 atom stereocenters. The van der Waals surface area contributed by atoms with Crippen LogP contribution in [0.3, 0.4) is 0 Å². The zero-order chi connectivity index (χ0) is 27.6. The molecule has 0 saturated carbocycles. The van der Waals surface area contributed by atoms with Crippen molar-refractivity contribution in [2.45, 2.75) is 32.7 Å². The third kappa shape index (κ3) is 5.64. The molecule has 1 amide bonds. The Morgan fingerprint density at radius 3 is 2.47 bits per heavy atom. The zero-order valence-electron chi connectivity index (χ0n) is 20.7. The molecule has 2 aromatic carbocycles. The van der Waals surface area contributed by atoms with Crippen LogP contribution in [-0.2, 0) is 12.8 Å². The molecule has 8 nitrogen and oxygen atoms in total. The molecule has 0 aliphatic heterocycles. The molecule has 0 saturated heterocycles. The zero-order valence-corrected chi connectivity index (χ0v) is 22.8. The Balaban J connectivity index is 1.64. The highest BCUT2D eigenvalue weighted by atomic mass is 127. The van der Waals surface area contributed by atoms with Gasteiger partial charge in [-0.25, -0.2) is 19.7 Å². The number of fused-ring (bicyclic) bond motifs is 1. The molecule has 38 heavy (non-hydrogen) atoms. The van der Waals surface area contributed by atoms with E-state index < -0.39 is 17.8 Å². The highest BCUT2D eigenvalue weighted by Gasteiger charge is 2.30. The first-order valence-corrected chi connectivity index (χ1v) is 12.6. The van der Waals surface area contributed by atoms with E-state index in [1.807, 2.05) is 19.1 Å². The number of benzene rings is 2. The van der Waals surface area contributed by atoms with Gasteiger partial charge in [0, 0.05) is 16.3 Å². The predicted molar refractivity (Wildman–Crippen MR) is 144 cm³/mol. The Kier molecular flexibility index (Phi) is 7.99. The van der Waals surface area contributed by atoms with Crippen LogP contribution in [-0.4, -0.2) is 39.4 Å². The summed E-state index contributed by atoms with van der Waals surface area (Å²) in [6.07, 6.45) is -3.84.